The molecular formula is C13H12N4O3. The van der Waals surface area contributed by atoms with E-state index in [1.807, 2.05) is 4.90 Å². The average Bonchev–Trinajstić information content (AvgIpc) is 2.46. The second-order valence-corrected chi connectivity index (χ2v) is 4.55. The predicted octanol–water partition coefficient (Wildman–Crippen LogP) is 1.08. The van der Waals surface area contributed by atoms with Gasteiger partial charge in [-0.25, -0.2) is 0 Å². The van der Waals surface area contributed by atoms with Gasteiger partial charge in [0.1, 0.15) is 0 Å². The summed E-state index contributed by atoms with van der Waals surface area (Å²) in [6, 6.07) is 4.90. The van der Waals surface area contributed by atoms with Gasteiger partial charge in [-0.05, 0) is 12.1 Å². The van der Waals surface area contributed by atoms with E-state index in [9.17, 15) is 14.9 Å². The summed E-state index contributed by atoms with van der Waals surface area (Å²) >= 11 is 0. The first-order valence-corrected chi connectivity index (χ1v) is 6.19. The van der Waals surface area contributed by atoms with Crippen LogP contribution in [0, 0.1) is 10.1 Å². The molecular weight excluding hydrogens is 260 g/mol. The Balaban J connectivity index is 2.15. The third kappa shape index (κ3) is 2.03. The van der Waals surface area contributed by atoms with Crippen molar-refractivity contribution in [1.29, 1.82) is 0 Å². The lowest BCUT2D eigenvalue weighted by Gasteiger charge is -2.29. The highest BCUT2D eigenvalue weighted by Gasteiger charge is 2.21. The van der Waals surface area contributed by atoms with Crippen LogP contribution in [-0.4, -0.2) is 35.4 Å². The molecule has 102 valence electrons. The zero-order valence-electron chi connectivity index (χ0n) is 10.6. The Morgan fingerprint density at radius 3 is 2.90 bits per heavy atom. The summed E-state index contributed by atoms with van der Waals surface area (Å²) in [6.07, 6.45) is 3.08. The number of aromatic nitrogens is 1. The molecule has 1 fully saturated rings. The van der Waals surface area contributed by atoms with Gasteiger partial charge in [0.2, 0.25) is 5.91 Å². The second kappa shape index (κ2) is 4.76. The van der Waals surface area contributed by atoms with E-state index < -0.39 is 4.92 Å². The van der Waals surface area contributed by atoms with Gasteiger partial charge in [-0.15, -0.1) is 0 Å². The number of nitro groups is 1. The molecule has 2 aromatic rings. The fourth-order valence-electron chi connectivity index (χ4n) is 2.44. The van der Waals surface area contributed by atoms with Gasteiger partial charge in [0.05, 0.1) is 16.9 Å². The SMILES string of the molecule is O=C1CN(c2ccc([N+](=O)[O-])c3cnccc23)CCN1. The van der Waals surface area contributed by atoms with Gasteiger partial charge < -0.3 is 10.2 Å². The van der Waals surface area contributed by atoms with Crippen molar-refractivity contribution in [2.75, 3.05) is 24.5 Å². The standard InChI is InChI=1S/C13H12N4O3/c18-13-8-16(6-5-15-13)11-1-2-12(17(19)20)10-7-14-4-3-9(10)11/h1-4,7H,5-6,8H2,(H,15,18). The molecule has 0 aliphatic carbocycles. The molecule has 20 heavy (non-hydrogen) atoms. The quantitative estimate of drug-likeness (QED) is 0.652. The summed E-state index contributed by atoms with van der Waals surface area (Å²) in [5, 5.41) is 15.0. The molecule has 7 nitrogen and oxygen atoms in total. The largest absolute Gasteiger partial charge is 0.360 e. The van der Waals surface area contributed by atoms with Gasteiger partial charge >= 0.3 is 0 Å². The zero-order valence-corrected chi connectivity index (χ0v) is 10.6. The molecule has 0 bridgehead atoms. The first-order chi connectivity index (χ1) is 9.66. The molecule has 1 saturated heterocycles. The van der Waals surface area contributed by atoms with Crippen molar-refractivity contribution in [3.8, 4) is 0 Å². The van der Waals surface area contributed by atoms with Crippen LogP contribution >= 0.6 is 0 Å². The van der Waals surface area contributed by atoms with E-state index in [0.717, 1.165) is 11.1 Å². The minimum atomic E-state index is -0.420. The number of nitrogens with one attached hydrogen (secondary N) is 1. The summed E-state index contributed by atoms with van der Waals surface area (Å²) in [5.74, 6) is -0.0446. The van der Waals surface area contributed by atoms with Crippen LogP contribution in [0.4, 0.5) is 11.4 Å². The number of amides is 1. The highest BCUT2D eigenvalue weighted by atomic mass is 16.6. The molecule has 1 N–H and O–H groups in total. The van der Waals surface area contributed by atoms with Crippen molar-refractivity contribution in [3.05, 3.63) is 40.7 Å². The number of anilines is 1. The number of carbonyl (C=O) groups is 1. The molecule has 0 atom stereocenters. The Bertz CT molecular complexity index is 701. The number of carbonyl (C=O) groups excluding carboxylic acids is 1. The maximum atomic E-state index is 11.5. The van der Waals surface area contributed by atoms with Gasteiger partial charge in [0.15, 0.2) is 0 Å². The first-order valence-electron chi connectivity index (χ1n) is 6.19. The Kier molecular flexibility index (Phi) is 2.94. The second-order valence-electron chi connectivity index (χ2n) is 4.55. The van der Waals surface area contributed by atoms with Crippen LogP contribution in [0.2, 0.25) is 0 Å². The number of non-ortho nitro benzene ring substituents is 1. The number of pyridine rings is 1. The predicted molar refractivity (Wildman–Crippen MR) is 73.6 cm³/mol. The third-order valence-corrected chi connectivity index (χ3v) is 3.35. The number of piperazine rings is 1. The molecule has 0 spiro atoms. The number of nitro benzene ring substituents is 1. The maximum absolute atomic E-state index is 11.5. The minimum Gasteiger partial charge on any atom is -0.360 e. The van der Waals surface area contributed by atoms with Crippen molar-refractivity contribution in [2.45, 2.75) is 0 Å². The molecule has 2 heterocycles. The summed E-state index contributed by atoms with van der Waals surface area (Å²) in [4.78, 5) is 28.0. The Morgan fingerprint density at radius 1 is 1.30 bits per heavy atom. The van der Waals surface area contributed by atoms with Crippen LogP contribution in [0.3, 0.4) is 0 Å². The molecule has 0 radical (unpaired) electrons. The normalized spacial score (nSPS) is 15.2. The van der Waals surface area contributed by atoms with Crippen LogP contribution in [0.25, 0.3) is 10.8 Å². The Morgan fingerprint density at radius 2 is 2.15 bits per heavy atom. The van der Waals surface area contributed by atoms with E-state index in [-0.39, 0.29) is 18.1 Å². The number of benzene rings is 1. The van der Waals surface area contributed by atoms with Crippen LogP contribution in [0.15, 0.2) is 30.6 Å². The molecule has 7 heteroatoms. The highest BCUT2D eigenvalue weighted by Crippen LogP contribution is 2.32. The molecule has 1 aliphatic rings. The molecule has 0 saturated carbocycles. The van der Waals surface area contributed by atoms with Crippen LogP contribution in [-0.2, 0) is 4.79 Å². The van der Waals surface area contributed by atoms with Crippen molar-refractivity contribution in [2.24, 2.45) is 0 Å². The fourth-order valence-corrected chi connectivity index (χ4v) is 2.44. The number of hydrogen-bond acceptors (Lipinski definition) is 5. The van der Waals surface area contributed by atoms with E-state index in [1.165, 1.54) is 12.3 Å². The number of hydrogen-bond donors (Lipinski definition) is 1. The zero-order chi connectivity index (χ0) is 14.1. The van der Waals surface area contributed by atoms with Gasteiger partial charge in [-0.1, -0.05) is 0 Å². The van der Waals surface area contributed by atoms with Crippen molar-refractivity contribution in [1.82, 2.24) is 10.3 Å². The summed E-state index contributed by atoms with van der Waals surface area (Å²) < 4.78 is 0. The fraction of sp³-hybridized carbons (Fsp3) is 0.231. The van der Waals surface area contributed by atoms with Gasteiger partial charge in [-0.3, -0.25) is 19.9 Å². The van der Waals surface area contributed by atoms with Crippen molar-refractivity contribution < 1.29 is 9.72 Å². The van der Waals surface area contributed by atoms with E-state index >= 15 is 0 Å². The highest BCUT2D eigenvalue weighted by molar-refractivity contribution is 6.00. The number of rotatable bonds is 2. The van der Waals surface area contributed by atoms with Crippen LogP contribution in [0.5, 0.6) is 0 Å². The first kappa shape index (κ1) is 12.3. The van der Waals surface area contributed by atoms with Gasteiger partial charge in [0.25, 0.3) is 5.69 Å². The lowest BCUT2D eigenvalue weighted by Crippen LogP contribution is -2.47. The maximum Gasteiger partial charge on any atom is 0.278 e. The van der Waals surface area contributed by atoms with E-state index in [1.54, 1.807) is 18.3 Å². The number of nitrogens with zero attached hydrogens (tertiary/aromatic N) is 3. The topological polar surface area (TPSA) is 88.4 Å². The van der Waals surface area contributed by atoms with E-state index in [0.29, 0.717) is 18.5 Å². The third-order valence-electron chi connectivity index (χ3n) is 3.35. The van der Waals surface area contributed by atoms with Gasteiger partial charge in [0, 0.05) is 42.6 Å². The minimum absolute atomic E-state index is 0.0262. The molecule has 3 rings (SSSR count). The smallest absolute Gasteiger partial charge is 0.278 e. The lowest BCUT2D eigenvalue weighted by atomic mass is 10.1. The lowest BCUT2D eigenvalue weighted by molar-refractivity contribution is -0.383. The van der Waals surface area contributed by atoms with E-state index in [4.69, 9.17) is 0 Å². The van der Waals surface area contributed by atoms with Crippen LogP contribution in [0.1, 0.15) is 0 Å². The summed E-state index contributed by atoms with van der Waals surface area (Å²) in [5.41, 5.74) is 0.848. The molecule has 1 aromatic heterocycles. The molecule has 1 aromatic carbocycles. The van der Waals surface area contributed by atoms with Crippen molar-refractivity contribution >= 4 is 28.1 Å². The Hall–Kier alpha value is -2.70. The van der Waals surface area contributed by atoms with Crippen molar-refractivity contribution in [3.63, 3.8) is 0 Å². The molecule has 1 amide bonds. The van der Waals surface area contributed by atoms with Crippen LogP contribution < -0.4 is 10.2 Å². The summed E-state index contributed by atoms with van der Waals surface area (Å²) in [7, 11) is 0. The van der Waals surface area contributed by atoms with Gasteiger partial charge in [-0.2, -0.15) is 0 Å². The van der Waals surface area contributed by atoms with E-state index in [2.05, 4.69) is 10.3 Å². The Labute approximate surface area is 114 Å². The molecule has 1 aliphatic heterocycles. The monoisotopic (exact) mass is 272 g/mol. The number of fused-ring (bicyclic) bond motifs is 1. The summed E-state index contributed by atoms with van der Waals surface area (Å²) in [6.45, 7) is 1.51. The molecule has 0 unspecified atom stereocenters. The average molecular weight is 272 g/mol.